The largest absolute Gasteiger partial charge is 0.379 e. The lowest BCUT2D eigenvalue weighted by Gasteiger charge is -2.41. The third-order valence-corrected chi connectivity index (χ3v) is 10.5. The predicted octanol–water partition coefficient (Wildman–Crippen LogP) is 3.99. The van der Waals surface area contributed by atoms with Crippen LogP contribution in [-0.2, 0) is 35.1 Å². The molecule has 0 bridgehead atoms. The van der Waals surface area contributed by atoms with Crippen molar-refractivity contribution in [2.45, 2.75) is 117 Å². The zero-order chi connectivity index (χ0) is 37.7. The summed E-state index contributed by atoms with van der Waals surface area (Å²) in [5.74, 6) is -1.13. The SMILES string of the molecule is CC[C@H](C)[C@@H](C(CC(=O)N1CCC[C@H]1[C@H](OC)[C@@H](C)C(=O)NCCc1ccccc1)OC)N(C)C(=O)[C@@H](NC(=O)C(C(C)C)N(C)C)C(C)C. The number of carbonyl (C=O) groups is 4. The Bertz CT molecular complexity index is 1200. The second kappa shape index (κ2) is 20.7. The van der Waals surface area contributed by atoms with Gasteiger partial charge in [-0.05, 0) is 56.7 Å². The zero-order valence-electron chi connectivity index (χ0n) is 32.9. The Morgan fingerprint density at radius 3 is 2.08 bits per heavy atom. The van der Waals surface area contributed by atoms with E-state index in [9.17, 15) is 19.2 Å². The minimum atomic E-state index is -0.737. The van der Waals surface area contributed by atoms with Crippen LogP contribution in [0.25, 0.3) is 0 Å². The average molecular weight is 702 g/mol. The summed E-state index contributed by atoms with van der Waals surface area (Å²) in [6.45, 7) is 14.9. The van der Waals surface area contributed by atoms with Crippen LogP contribution in [0.5, 0.6) is 0 Å². The fourth-order valence-corrected chi connectivity index (χ4v) is 7.55. The molecule has 1 heterocycles. The predicted molar refractivity (Wildman–Crippen MR) is 198 cm³/mol. The average Bonchev–Trinajstić information content (AvgIpc) is 3.56. The molecule has 1 aliphatic heterocycles. The highest BCUT2D eigenvalue weighted by molar-refractivity contribution is 5.90. The Hall–Kier alpha value is -3.02. The summed E-state index contributed by atoms with van der Waals surface area (Å²) in [4.78, 5) is 60.3. The van der Waals surface area contributed by atoms with Gasteiger partial charge in [-0.2, -0.15) is 0 Å². The van der Waals surface area contributed by atoms with E-state index in [4.69, 9.17) is 9.47 Å². The van der Waals surface area contributed by atoms with E-state index in [1.54, 1.807) is 26.2 Å². The molecule has 8 atom stereocenters. The van der Waals surface area contributed by atoms with Crippen LogP contribution in [0.4, 0.5) is 0 Å². The van der Waals surface area contributed by atoms with Gasteiger partial charge in [0.2, 0.25) is 23.6 Å². The molecule has 50 heavy (non-hydrogen) atoms. The number of likely N-dealkylation sites (N-methyl/N-ethyl adjacent to an activating group) is 2. The van der Waals surface area contributed by atoms with Crippen LogP contribution < -0.4 is 10.6 Å². The van der Waals surface area contributed by atoms with E-state index >= 15 is 0 Å². The summed E-state index contributed by atoms with van der Waals surface area (Å²) < 4.78 is 11.9. The van der Waals surface area contributed by atoms with Crippen LogP contribution in [0.15, 0.2) is 30.3 Å². The Balaban J connectivity index is 2.21. The second-order valence-electron chi connectivity index (χ2n) is 15.0. The molecule has 0 saturated carbocycles. The van der Waals surface area contributed by atoms with Gasteiger partial charge in [-0.25, -0.2) is 0 Å². The molecule has 0 radical (unpaired) electrons. The topological polar surface area (TPSA) is 121 Å². The van der Waals surface area contributed by atoms with Crippen molar-refractivity contribution in [3.63, 3.8) is 0 Å². The highest BCUT2D eigenvalue weighted by Crippen LogP contribution is 2.29. The lowest BCUT2D eigenvalue weighted by Crippen LogP contribution is -2.59. The van der Waals surface area contributed by atoms with Crippen LogP contribution in [0.2, 0.25) is 0 Å². The van der Waals surface area contributed by atoms with E-state index in [1.807, 2.05) is 88.8 Å². The third-order valence-electron chi connectivity index (χ3n) is 10.5. The first-order chi connectivity index (χ1) is 23.6. The van der Waals surface area contributed by atoms with Crippen molar-refractivity contribution in [2.75, 3.05) is 48.5 Å². The number of rotatable bonds is 20. The Morgan fingerprint density at radius 1 is 0.920 bits per heavy atom. The molecule has 11 heteroatoms. The maximum Gasteiger partial charge on any atom is 0.245 e. The maximum absolute atomic E-state index is 14.2. The van der Waals surface area contributed by atoms with Crippen molar-refractivity contribution < 1.29 is 28.7 Å². The molecule has 1 fully saturated rings. The smallest absolute Gasteiger partial charge is 0.245 e. The number of nitrogens with zero attached hydrogens (tertiary/aromatic N) is 3. The summed E-state index contributed by atoms with van der Waals surface area (Å²) in [7, 11) is 8.66. The first-order valence-corrected chi connectivity index (χ1v) is 18.5. The molecule has 0 aliphatic carbocycles. The van der Waals surface area contributed by atoms with Gasteiger partial charge in [0.1, 0.15) is 6.04 Å². The standard InChI is InChI=1S/C39H67N5O6/c1-13-27(6)35(43(10)39(48)33(25(2)3)41-38(47)34(26(4)5)42(8)9)31(49-11)24-32(45)44-23-17-20-30(44)36(50-12)28(7)37(46)40-22-21-29-18-15-14-16-19-29/h14-16,18-19,25-28,30-31,33-36H,13,17,20-24H2,1-12H3,(H,40,46)(H,41,47)/t27-,28+,30-,31?,33-,34?,35-,36+/m0/s1. The monoisotopic (exact) mass is 702 g/mol. The minimum absolute atomic E-state index is 0.0103. The van der Waals surface area contributed by atoms with Crippen molar-refractivity contribution >= 4 is 23.6 Å². The fourth-order valence-electron chi connectivity index (χ4n) is 7.55. The number of methoxy groups -OCH3 is 2. The Kier molecular flexibility index (Phi) is 17.9. The van der Waals surface area contributed by atoms with Crippen molar-refractivity contribution in [3.8, 4) is 0 Å². The molecular weight excluding hydrogens is 634 g/mol. The van der Waals surface area contributed by atoms with Crippen LogP contribution in [0.3, 0.4) is 0 Å². The van der Waals surface area contributed by atoms with Gasteiger partial charge < -0.3 is 29.9 Å². The van der Waals surface area contributed by atoms with Gasteiger partial charge in [0, 0.05) is 34.4 Å². The minimum Gasteiger partial charge on any atom is -0.379 e. The third kappa shape index (κ3) is 11.5. The molecule has 2 rings (SSSR count). The molecule has 2 N–H and O–H groups in total. The zero-order valence-corrected chi connectivity index (χ0v) is 32.9. The quantitative estimate of drug-likeness (QED) is 0.211. The van der Waals surface area contributed by atoms with Gasteiger partial charge in [-0.3, -0.25) is 24.1 Å². The van der Waals surface area contributed by atoms with E-state index in [0.717, 1.165) is 31.2 Å². The molecule has 1 aliphatic rings. The Morgan fingerprint density at radius 2 is 1.56 bits per heavy atom. The van der Waals surface area contributed by atoms with Gasteiger partial charge in [-0.15, -0.1) is 0 Å². The molecule has 1 aromatic rings. The highest BCUT2D eigenvalue weighted by Gasteiger charge is 2.43. The number of hydrogen-bond acceptors (Lipinski definition) is 7. The molecular formula is C39H67N5O6. The molecule has 1 aromatic carbocycles. The highest BCUT2D eigenvalue weighted by atomic mass is 16.5. The van der Waals surface area contributed by atoms with E-state index in [-0.39, 0.29) is 59.9 Å². The first kappa shape index (κ1) is 43.1. The molecule has 1 saturated heterocycles. The van der Waals surface area contributed by atoms with Gasteiger partial charge in [0.05, 0.1) is 42.7 Å². The number of amides is 4. The summed E-state index contributed by atoms with van der Waals surface area (Å²) in [5, 5.41) is 6.09. The van der Waals surface area contributed by atoms with E-state index in [2.05, 4.69) is 24.5 Å². The van der Waals surface area contributed by atoms with Gasteiger partial charge in [0.25, 0.3) is 0 Å². The van der Waals surface area contributed by atoms with Gasteiger partial charge in [0.15, 0.2) is 0 Å². The lowest BCUT2D eigenvalue weighted by atomic mass is 9.89. The second-order valence-corrected chi connectivity index (χ2v) is 15.0. The van der Waals surface area contributed by atoms with E-state index in [1.165, 1.54) is 0 Å². The number of carbonyl (C=O) groups excluding carboxylic acids is 4. The van der Waals surface area contributed by atoms with E-state index in [0.29, 0.717) is 13.1 Å². The summed E-state index contributed by atoms with van der Waals surface area (Å²) in [6, 6.07) is 8.23. The summed E-state index contributed by atoms with van der Waals surface area (Å²) in [5.41, 5.74) is 1.15. The molecule has 0 aromatic heterocycles. The van der Waals surface area contributed by atoms with Crippen molar-refractivity contribution in [1.82, 2.24) is 25.3 Å². The molecule has 11 nitrogen and oxygen atoms in total. The van der Waals surface area contributed by atoms with Gasteiger partial charge >= 0.3 is 0 Å². The van der Waals surface area contributed by atoms with Crippen LogP contribution >= 0.6 is 0 Å². The number of ether oxygens (including phenoxy) is 2. The normalized spacial score (nSPS) is 19.1. The molecule has 284 valence electrons. The van der Waals surface area contributed by atoms with Crippen molar-refractivity contribution in [2.24, 2.45) is 23.7 Å². The molecule has 2 unspecified atom stereocenters. The van der Waals surface area contributed by atoms with Crippen LogP contribution in [0.1, 0.15) is 79.7 Å². The van der Waals surface area contributed by atoms with Gasteiger partial charge in [-0.1, -0.05) is 85.2 Å². The molecule has 4 amide bonds. The summed E-state index contributed by atoms with van der Waals surface area (Å²) >= 11 is 0. The van der Waals surface area contributed by atoms with Crippen LogP contribution in [-0.4, -0.2) is 123 Å². The summed E-state index contributed by atoms with van der Waals surface area (Å²) in [6.07, 6.45) is 2.06. The first-order valence-electron chi connectivity index (χ1n) is 18.5. The van der Waals surface area contributed by atoms with E-state index < -0.39 is 30.2 Å². The van der Waals surface area contributed by atoms with Crippen molar-refractivity contribution in [3.05, 3.63) is 35.9 Å². The van der Waals surface area contributed by atoms with Crippen LogP contribution in [0, 0.1) is 23.7 Å². The fraction of sp³-hybridized carbons (Fsp3) is 0.744. The lowest BCUT2D eigenvalue weighted by molar-refractivity contribution is -0.148. The number of benzene rings is 1. The van der Waals surface area contributed by atoms with Crippen molar-refractivity contribution in [1.29, 1.82) is 0 Å². The number of nitrogens with one attached hydrogen (secondary N) is 2. The Labute approximate surface area is 302 Å². The number of hydrogen-bond donors (Lipinski definition) is 2. The number of likely N-dealkylation sites (tertiary alicyclic amines) is 1. The maximum atomic E-state index is 14.2. The molecule has 0 spiro atoms.